The summed E-state index contributed by atoms with van der Waals surface area (Å²) in [7, 11) is -3.61. The van der Waals surface area contributed by atoms with Crippen molar-refractivity contribution in [3.05, 3.63) is 47.6 Å². The lowest BCUT2D eigenvalue weighted by Gasteiger charge is -2.28. The van der Waals surface area contributed by atoms with Crippen molar-refractivity contribution in [2.75, 3.05) is 31.2 Å². The maximum absolute atomic E-state index is 12.7. The van der Waals surface area contributed by atoms with Gasteiger partial charge >= 0.3 is 0 Å². The van der Waals surface area contributed by atoms with Crippen LogP contribution in [0.5, 0.6) is 0 Å². The zero-order chi connectivity index (χ0) is 15.6. The van der Waals surface area contributed by atoms with Gasteiger partial charge in [-0.1, -0.05) is 29.8 Å². The summed E-state index contributed by atoms with van der Waals surface area (Å²) in [6, 6.07) is 11.2. The number of rotatable bonds is 3. The standard InChI is InChI=1S/C15H15ClN2O3S/c16-14-10-13(22(19,20)12-4-2-1-3-5-12)11-15(17-14)18-6-8-21-9-7-18/h1-5,10-11H,6-9H2. The van der Waals surface area contributed by atoms with Gasteiger partial charge in [-0.05, 0) is 24.3 Å². The predicted molar refractivity (Wildman–Crippen MR) is 84.2 cm³/mol. The number of aromatic nitrogens is 1. The van der Waals surface area contributed by atoms with Gasteiger partial charge in [-0.3, -0.25) is 0 Å². The fraction of sp³-hybridized carbons (Fsp3) is 0.267. The van der Waals surface area contributed by atoms with Crippen LogP contribution in [0.4, 0.5) is 5.82 Å². The Labute approximate surface area is 134 Å². The van der Waals surface area contributed by atoms with Crippen molar-refractivity contribution < 1.29 is 13.2 Å². The second kappa shape index (κ2) is 6.24. The Morgan fingerprint density at radius 1 is 1.05 bits per heavy atom. The van der Waals surface area contributed by atoms with E-state index in [1.807, 2.05) is 4.90 Å². The molecule has 0 N–H and O–H groups in total. The van der Waals surface area contributed by atoms with Crippen LogP contribution in [0.1, 0.15) is 0 Å². The summed E-state index contributed by atoms with van der Waals surface area (Å²) in [5, 5.41) is 0.165. The Bertz CT molecular complexity index is 760. The molecule has 1 aliphatic heterocycles. The lowest BCUT2D eigenvalue weighted by molar-refractivity contribution is 0.122. The summed E-state index contributed by atoms with van der Waals surface area (Å²) in [4.78, 5) is 6.60. The van der Waals surface area contributed by atoms with Crippen LogP contribution in [0.15, 0.2) is 52.3 Å². The van der Waals surface area contributed by atoms with Crippen LogP contribution in [0.3, 0.4) is 0 Å². The molecule has 0 amide bonds. The van der Waals surface area contributed by atoms with Gasteiger partial charge in [0, 0.05) is 13.1 Å². The van der Waals surface area contributed by atoms with Crippen molar-refractivity contribution in [1.82, 2.24) is 4.98 Å². The zero-order valence-electron chi connectivity index (χ0n) is 11.8. The molecule has 0 unspecified atom stereocenters. The minimum atomic E-state index is -3.61. The van der Waals surface area contributed by atoms with E-state index in [-0.39, 0.29) is 14.9 Å². The Kier molecular flexibility index (Phi) is 4.33. The van der Waals surface area contributed by atoms with Crippen LogP contribution in [0, 0.1) is 0 Å². The van der Waals surface area contributed by atoms with Gasteiger partial charge in [0.1, 0.15) is 11.0 Å². The molecule has 0 bridgehead atoms. The molecule has 0 saturated carbocycles. The van der Waals surface area contributed by atoms with E-state index in [1.54, 1.807) is 36.4 Å². The summed E-state index contributed by atoms with van der Waals surface area (Å²) in [5.74, 6) is 0.560. The maximum atomic E-state index is 12.7. The lowest BCUT2D eigenvalue weighted by Crippen LogP contribution is -2.36. The zero-order valence-corrected chi connectivity index (χ0v) is 13.3. The SMILES string of the molecule is O=S(=O)(c1ccccc1)c1cc(Cl)nc(N2CCOCC2)c1. The molecular weight excluding hydrogens is 324 g/mol. The molecule has 0 aliphatic carbocycles. The highest BCUT2D eigenvalue weighted by atomic mass is 35.5. The van der Waals surface area contributed by atoms with E-state index >= 15 is 0 Å². The first-order valence-corrected chi connectivity index (χ1v) is 8.74. The third-order valence-electron chi connectivity index (χ3n) is 3.45. The predicted octanol–water partition coefficient (Wildman–Crippen LogP) is 2.40. The minimum Gasteiger partial charge on any atom is -0.378 e. The van der Waals surface area contributed by atoms with E-state index in [1.165, 1.54) is 6.07 Å². The summed E-state index contributed by atoms with van der Waals surface area (Å²) >= 11 is 6.03. The molecule has 22 heavy (non-hydrogen) atoms. The average Bonchev–Trinajstić information content (AvgIpc) is 2.56. The number of sulfone groups is 1. The van der Waals surface area contributed by atoms with Crippen LogP contribution in [0.25, 0.3) is 0 Å². The van der Waals surface area contributed by atoms with E-state index in [4.69, 9.17) is 16.3 Å². The van der Waals surface area contributed by atoms with Crippen LogP contribution in [0.2, 0.25) is 5.15 Å². The molecule has 0 spiro atoms. The molecule has 0 atom stereocenters. The van der Waals surface area contributed by atoms with Gasteiger partial charge < -0.3 is 9.64 Å². The number of halogens is 1. The maximum Gasteiger partial charge on any atom is 0.206 e. The normalized spacial score (nSPS) is 15.8. The van der Waals surface area contributed by atoms with E-state index in [0.29, 0.717) is 32.1 Å². The van der Waals surface area contributed by atoms with E-state index in [0.717, 1.165) is 0 Å². The average molecular weight is 339 g/mol. The van der Waals surface area contributed by atoms with Crippen molar-refractivity contribution in [3.8, 4) is 0 Å². The molecule has 7 heteroatoms. The Balaban J connectivity index is 2.02. The number of benzene rings is 1. The summed E-state index contributed by atoms with van der Waals surface area (Å²) in [6.07, 6.45) is 0. The van der Waals surface area contributed by atoms with Gasteiger partial charge in [-0.2, -0.15) is 0 Å². The highest BCUT2D eigenvalue weighted by Gasteiger charge is 2.21. The Morgan fingerprint density at radius 2 is 1.73 bits per heavy atom. The van der Waals surface area contributed by atoms with Crippen molar-refractivity contribution in [3.63, 3.8) is 0 Å². The number of morpholine rings is 1. The fourth-order valence-electron chi connectivity index (χ4n) is 2.31. The van der Waals surface area contributed by atoms with Crippen molar-refractivity contribution in [1.29, 1.82) is 0 Å². The molecule has 1 aromatic heterocycles. The number of anilines is 1. The van der Waals surface area contributed by atoms with E-state index in [9.17, 15) is 8.42 Å². The van der Waals surface area contributed by atoms with Gasteiger partial charge in [0.15, 0.2) is 0 Å². The second-order valence-corrected chi connectivity index (χ2v) is 7.24. The molecule has 1 saturated heterocycles. The monoisotopic (exact) mass is 338 g/mol. The molecular formula is C15H15ClN2O3S. The topological polar surface area (TPSA) is 59.5 Å². The molecule has 5 nitrogen and oxygen atoms in total. The summed E-state index contributed by atoms with van der Waals surface area (Å²) in [6.45, 7) is 2.51. The third-order valence-corrected chi connectivity index (χ3v) is 5.40. The van der Waals surface area contributed by atoms with Crippen LogP contribution in [-0.4, -0.2) is 39.7 Å². The van der Waals surface area contributed by atoms with Gasteiger partial charge in [-0.15, -0.1) is 0 Å². The van der Waals surface area contributed by atoms with Crippen LogP contribution in [-0.2, 0) is 14.6 Å². The molecule has 2 aromatic rings. The highest BCUT2D eigenvalue weighted by Crippen LogP contribution is 2.26. The highest BCUT2D eigenvalue weighted by molar-refractivity contribution is 7.91. The molecule has 1 aromatic carbocycles. The first-order chi connectivity index (χ1) is 10.6. The van der Waals surface area contributed by atoms with Gasteiger partial charge in [0.05, 0.1) is 23.0 Å². The summed E-state index contributed by atoms with van der Waals surface area (Å²) in [5.41, 5.74) is 0. The largest absolute Gasteiger partial charge is 0.378 e. The Hall–Kier alpha value is -1.63. The van der Waals surface area contributed by atoms with Crippen molar-refractivity contribution >= 4 is 27.3 Å². The lowest BCUT2D eigenvalue weighted by atomic mass is 10.3. The first kappa shape index (κ1) is 15.3. The number of pyridine rings is 1. The van der Waals surface area contributed by atoms with E-state index in [2.05, 4.69) is 4.98 Å². The third kappa shape index (κ3) is 3.09. The van der Waals surface area contributed by atoms with Gasteiger partial charge in [0.2, 0.25) is 9.84 Å². The molecule has 1 fully saturated rings. The quantitative estimate of drug-likeness (QED) is 0.804. The summed E-state index contributed by atoms with van der Waals surface area (Å²) < 4.78 is 30.7. The fourth-order valence-corrected chi connectivity index (χ4v) is 3.89. The number of hydrogen-bond acceptors (Lipinski definition) is 5. The first-order valence-electron chi connectivity index (χ1n) is 6.88. The number of hydrogen-bond donors (Lipinski definition) is 0. The van der Waals surface area contributed by atoms with E-state index < -0.39 is 9.84 Å². The van der Waals surface area contributed by atoms with Crippen LogP contribution < -0.4 is 4.90 Å². The molecule has 1 aliphatic rings. The van der Waals surface area contributed by atoms with Crippen molar-refractivity contribution in [2.45, 2.75) is 9.79 Å². The van der Waals surface area contributed by atoms with Crippen LogP contribution >= 0.6 is 11.6 Å². The van der Waals surface area contributed by atoms with Gasteiger partial charge in [0.25, 0.3) is 0 Å². The van der Waals surface area contributed by atoms with Crippen molar-refractivity contribution in [2.24, 2.45) is 0 Å². The molecule has 3 rings (SSSR count). The molecule has 116 valence electrons. The van der Waals surface area contributed by atoms with Gasteiger partial charge in [-0.25, -0.2) is 13.4 Å². The second-order valence-electron chi connectivity index (χ2n) is 4.90. The molecule has 2 heterocycles. The number of ether oxygens (including phenoxy) is 1. The minimum absolute atomic E-state index is 0.153. The smallest absolute Gasteiger partial charge is 0.206 e. The number of nitrogens with zero attached hydrogens (tertiary/aromatic N) is 2. The molecule has 0 radical (unpaired) electrons. The Morgan fingerprint density at radius 3 is 2.41 bits per heavy atom.